The highest BCUT2D eigenvalue weighted by Gasteiger charge is 2.52. The third kappa shape index (κ3) is 3.49. The largest absolute Gasteiger partial charge is 0.439 e. The van der Waals surface area contributed by atoms with E-state index in [1.54, 1.807) is 14.1 Å². The van der Waals surface area contributed by atoms with Gasteiger partial charge in [0.15, 0.2) is 5.58 Å². The molecule has 10 heteroatoms. The van der Waals surface area contributed by atoms with Crippen molar-refractivity contribution in [2.75, 3.05) is 14.1 Å². The van der Waals surface area contributed by atoms with Crippen LogP contribution in [0, 0.1) is 0 Å². The quantitative estimate of drug-likeness (QED) is 0.508. The first kappa shape index (κ1) is 24.1. The van der Waals surface area contributed by atoms with E-state index in [4.69, 9.17) is 9.40 Å². The van der Waals surface area contributed by atoms with Gasteiger partial charge in [0.2, 0.25) is 5.89 Å². The molecule has 3 heterocycles. The van der Waals surface area contributed by atoms with Crippen LogP contribution in [-0.2, 0) is 16.8 Å². The van der Waals surface area contributed by atoms with Gasteiger partial charge in [0.1, 0.15) is 25.1 Å². The van der Waals surface area contributed by atoms with Gasteiger partial charge in [0.25, 0.3) is 0 Å². The van der Waals surface area contributed by atoms with Crippen molar-refractivity contribution in [1.82, 2.24) is 23.6 Å². The molecule has 1 aromatic carbocycles. The van der Waals surface area contributed by atoms with E-state index in [0.717, 1.165) is 16.7 Å². The zero-order chi connectivity index (χ0) is 24.3. The minimum atomic E-state index is -3.83. The molecule has 4 rings (SSSR count). The van der Waals surface area contributed by atoms with Crippen LogP contribution < -0.4 is 10.8 Å². The van der Waals surface area contributed by atoms with Crippen LogP contribution in [0.15, 0.2) is 28.7 Å². The SMILES string of the molecule is CC(C)[Si](c1nc2c(n1S(=O)(=O)N(C)C)C(c1nc3ccccc3o1)NC2)(C(C)C)C(C)C. The molecule has 1 atom stereocenters. The van der Waals surface area contributed by atoms with E-state index in [9.17, 15) is 8.42 Å². The van der Waals surface area contributed by atoms with Gasteiger partial charge in [-0.3, -0.25) is 5.32 Å². The van der Waals surface area contributed by atoms with Gasteiger partial charge < -0.3 is 4.42 Å². The number of aromatic nitrogens is 3. The molecule has 1 N–H and O–H groups in total. The molecule has 0 amide bonds. The second-order valence-electron chi connectivity index (χ2n) is 10.1. The second-order valence-corrected chi connectivity index (χ2v) is 17.8. The van der Waals surface area contributed by atoms with Crippen molar-refractivity contribution in [3.63, 3.8) is 0 Å². The molecule has 0 fully saturated rings. The lowest BCUT2D eigenvalue weighted by Crippen LogP contribution is -2.61. The van der Waals surface area contributed by atoms with E-state index in [1.807, 2.05) is 24.3 Å². The van der Waals surface area contributed by atoms with E-state index in [2.05, 4.69) is 51.8 Å². The minimum Gasteiger partial charge on any atom is -0.439 e. The number of oxazole rings is 1. The maximum absolute atomic E-state index is 13.8. The summed E-state index contributed by atoms with van der Waals surface area (Å²) in [4.78, 5) is 9.76. The van der Waals surface area contributed by atoms with Crippen LogP contribution in [0.3, 0.4) is 0 Å². The highest BCUT2D eigenvalue weighted by molar-refractivity contribution is 7.87. The van der Waals surface area contributed by atoms with Crippen LogP contribution in [0.2, 0.25) is 16.6 Å². The van der Waals surface area contributed by atoms with Crippen LogP contribution in [0.25, 0.3) is 11.1 Å². The number of imidazole rings is 1. The van der Waals surface area contributed by atoms with Crippen molar-refractivity contribution in [3.8, 4) is 0 Å². The number of nitrogens with one attached hydrogen (secondary N) is 1. The Bertz CT molecular complexity index is 1220. The Morgan fingerprint density at radius 2 is 1.67 bits per heavy atom. The molecule has 1 aliphatic rings. The summed E-state index contributed by atoms with van der Waals surface area (Å²) in [7, 11) is -3.07. The van der Waals surface area contributed by atoms with Gasteiger partial charge >= 0.3 is 10.2 Å². The summed E-state index contributed by atoms with van der Waals surface area (Å²) in [6.45, 7) is 13.8. The fourth-order valence-electron chi connectivity index (χ4n) is 5.83. The topological polar surface area (TPSA) is 93.3 Å². The number of benzene rings is 1. The third-order valence-corrected chi connectivity index (χ3v) is 16.0. The Labute approximate surface area is 197 Å². The Morgan fingerprint density at radius 1 is 1.06 bits per heavy atom. The third-order valence-electron chi connectivity index (χ3n) is 7.20. The molecule has 0 radical (unpaired) electrons. The lowest BCUT2D eigenvalue weighted by atomic mass is 10.2. The van der Waals surface area contributed by atoms with Crippen molar-refractivity contribution < 1.29 is 12.8 Å². The summed E-state index contributed by atoms with van der Waals surface area (Å²) in [6.07, 6.45) is 0. The van der Waals surface area contributed by atoms with Crippen molar-refractivity contribution in [2.24, 2.45) is 0 Å². The number of nitrogens with zero attached hydrogens (tertiary/aromatic N) is 4. The maximum Gasteiger partial charge on any atom is 0.308 e. The number of rotatable bonds is 7. The molecule has 0 saturated heterocycles. The normalized spacial score (nSPS) is 17.3. The summed E-state index contributed by atoms with van der Waals surface area (Å²) >= 11 is 0. The van der Waals surface area contributed by atoms with Crippen molar-refractivity contribution >= 4 is 34.8 Å². The standard InChI is InChI=1S/C23H35N5O3SSi/c1-14(2)33(15(3)4,16(5)6)23-26-18-13-24-20(21(18)28(23)32(29,30)27(7)8)22-25-17-11-9-10-12-19(17)31-22/h9-12,14-16,20,24H,13H2,1-8H3. The van der Waals surface area contributed by atoms with Gasteiger partial charge in [-0.05, 0) is 28.8 Å². The molecule has 0 saturated carbocycles. The van der Waals surface area contributed by atoms with Crippen LogP contribution in [-0.4, -0.2) is 48.8 Å². The number of para-hydroxylation sites is 2. The molecule has 8 nitrogen and oxygen atoms in total. The summed E-state index contributed by atoms with van der Waals surface area (Å²) in [5, 5.41) is 3.39. The molecule has 1 aliphatic heterocycles. The second kappa shape index (κ2) is 8.33. The fourth-order valence-corrected chi connectivity index (χ4v) is 14.0. The maximum atomic E-state index is 13.8. The van der Waals surface area contributed by atoms with Gasteiger partial charge in [-0.25, -0.2) is 13.9 Å². The fraction of sp³-hybridized carbons (Fsp3) is 0.565. The first-order chi connectivity index (χ1) is 15.4. The van der Waals surface area contributed by atoms with Crippen molar-refractivity contribution in [2.45, 2.75) is 70.8 Å². The summed E-state index contributed by atoms with van der Waals surface area (Å²) in [6, 6.07) is 7.09. The summed E-state index contributed by atoms with van der Waals surface area (Å²) in [5.74, 6) is 0.461. The molecule has 33 heavy (non-hydrogen) atoms. The Morgan fingerprint density at radius 3 is 2.21 bits per heavy atom. The average molecular weight is 490 g/mol. The molecule has 0 bridgehead atoms. The first-order valence-corrected chi connectivity index (χ1v) is 15.2. The lowest BCUT2D eigenvalue weighted by Gasteiger charge is -2.42. The highest BCUT2D eigenvalue weighted by atomic mass is 32.2. The average Bonchev–Trinajstić information content (AvgIpc) is 3.39. The number of fused-ring (bicyclic) bond motifs is 2. The van der Waals surface area contributed by atoms with E-state index >= 15 is 0 Å². The molecule has 0 spiro atoms. The van der Waals surface area contributed by atoms with Crippen LogP contribution in [0.1, 0.15) is 64.9 Å². The van der Waals surface area contributed by atoms with Gasteiger partial charge in [0, 0.05) is 20.6 Å². The lowest BCUT2D eigenvalue weighted by molar-refractivity contribution is 0.460. The minimum absolute atomic E-state index is 0.312. The van der Waals surface area contributed by atoms with Crippen LogP contribution in [0.4, 0.5) is 0 Å². The van der Waals surface area contributed by atoms with Crippen molar-refractivity contribution in [1.29, 1.82) is 0 Å². The first-order valence-electron chi connectivity index (χ1n) is 11.6. The monoisotopic (exact) mass is 489 g/mol. The van der Waals surface area contributed by atoms with Gasteiger partial charge in [0.05, 0.1) is 11.4 Å². The Hall–Kier alpha value is -2.01. The molecule has 3 aromatic rings. The van der Waals surface area contributed by atoms with E-state index in [0.29, 0.717) is 40.3 Å². The Balaban J connectivity index is 2.04. The molecule has 1 unspecified atom stereocenters. The predicted molar refractivity (Wildman–Crippen MR) is 134 cm³/mol. The number of hydrogen-bond donors (Lipinski definition) is 1. The molecule has 0 aliphatic carbocycles. The predicted octanol–water partition coefficient (Wildman–Crippen LogP) is 3.76. The van der Waals surface area contributed by atoms with E-state index in [-0.39, 0.29) is 0 Å². The molecule has 2 aromatic heterocycles. The van der Waals surface area contributed by atoms with Crippen LogP contribution >= 0.6 is 0 Å². The van der Waals surface area contributed by atoms with Crippen molar-refractivity contribution in [3.05, 3.63) is 41.5 Å². The van der Waals surface area contributed by atoms with Gasteiger partial charge in [-0.15, -0.1) is 0 Å². The highest BCUT2D eigenvalue weighted by Crippen LogP contribution is 2.43. The molecular formula is C23H35N5O3SSi. The summed E-state index contributed by atoms with van der Waals surface area (Å²) in [5.41, 5.74) is 4.50. The zero-order valence-corrected chi connectivity index (χ0v) is 22.6. The number of hydrogen-bond acceptors (Lipinski definition) is 6. The van der Waals surface area contributed by atoms with Gasteiger partial charge in [-0.2, -0.15) is 12.7 Å². The van der Waals surface area contributed by atoms with Gasteiger partial charge in [-0.1, -0.05) is 53.7 Å². The zero-order valence-electron chi connectivity index (χ0n) is 20.7. The Kier molecular flexibility index (Phi) is 6.09. The van der Waals surface area contributed by atoms with E-state index < -0.39 is 24.3 Å². The molecule has 180 valence electrons. The molecular weight excluding hydrogens is 454 g/mol. The van der Waals surface area contributed by atoms with E-state index in [1.165, 1.54) is 8.28 Å². The smallest absolute Gasteiger partial charge is 0.308 e. The van der Waals surface area contributed by atoms with Crippen LogP contribution in [0.5, 0.6) is 0 Å². The summed E-state index contributed by atoms with van der Waals surface area (Å²) < 4.78 is 36.5.